The molecule has 0 bridgehead atoms. The average Bonchev–Trinajstić information content (AvgIpc) is 3.45. The number of carbonyl (C=O) groups excluding carboxylic acids is 2. The van der Waals surface area contributed by atoms with E-state index in [9.17, 15) is 24.8 Å². The second kappa shape index (κ2) is 9.10. The molecule has 34 heavy (non-hydrogen) atoms. The molecule has 0 saturated carbocycles. The Balaban J connectivity index is 1.90. The van der Waals surface area contributed by atoms with Gasteiger partial charge in [-0.25, -0.2) is 0 Å². The van der Waals surface area contributed by atoms with Gasteiger partial charge in [-0.05, 0) is 35.9 Å². The number of hydrogen-bond donors (Lipinski definition) is 1. The molecule has 174 valence electrons. The summed E-state index contributed by atoms with van der Waals surface area (Å²) in [6.45, 7) is -0.0757. The molecule has 1 atom stereocenters. The van der Waals surface area contributed by atoms with E-state index in [0.29, 0.717) is 22.8 Å². The first kappa shape index (κ1) is 22.6. The van der Waals surface area contributed by atoms with Crippen LogP contribution in [0.1, 0.15) is 22.9 Å². The van der Waals surface area contributed by atoms with Gasteiger partial charge in [-0.15, -0.1) is 0 Å². The Hall–Kier alpha value is -4.60. The third-order valence-corrected chi connectivity index (χ3v) is 5.50. The van der Waals surface area contributed by atoms with Gasteiger partial charge in [0.25, 0.3) is 17.4 Å². The van der Waals surface area contributed by atoms with E-state index in [1.54, 1.807) is 24.3 Å². The van der Waals surface area contributed by atoms with Gasteiger partial charge in [0.15, 0.2) is 11.5 Å². The van der Waals surface area contributed by atoms with Crippen LogP contribution in [0.4, 0.5) is 5.69 Å². The second-order valence-electron chi connectivity index (χ2n) is 7.43. The zero-order valence-corrected chi connectivity index (χ0v) is 18.3. The standard InChI is InChI=1S/C24H20N2O8/c1-32-18-9-8-15(12-19(18)33-2)22(27)20-21(14-5-3-6-16(11-14)26(30)31)25(24(29)23(20)28)13-17-7-4-10-34-17/h3-12,21,27H,13H2,1-2H3/t21-/m1/s1. The van der Waals surface area contributed by atoms with Crippen molar-refractivity contribution in [2.45, 2.75) is 12.6 Å². The number of carbonyl (C=O) groups is 2. The van der Waals surface area contributed by atoms with Crippen LogP contribution in [-0.4, -0.2) is 40.8 Å². The molecular formula is C24H20N2O8. The summed E-state index contributed by atoms with van der Waals surface area (Å²) in [5.41, 5.74) is 0.0857. The Labute approximate surface area is 193 Å². The van der Waals surface area contributed by atoms with Crippen molar-refractivity contribution < 1.29 is 33.5 Å². The second-order valence-corrected chi connectivity index (χ2v) is 7.43. The van der Waals surface area contributed by atoms with E-state index < -0.39 is 28.4 Å². The van der Waals surface area contributed by atoms with Crippen molar-refractivity contribution in [1.82, 2.24) is 4.90 Å². The highest BCUT2D eigenvalue weighted by atomic mass is 16.6. The molecule has 1 fully saturated rings. The number of rotatable bonds is 7. The topological polar surface area (TPSA) is 132 Å². The molecule has 10 heteroatoms. The number of methoxy groups -OCH3 is 2. The fourth-order valence-electron chi connectivity index (χ4n) is 3.91. The number of nitro groups is 1. The van der Waals surface area contributed by atoms with Gasteiger partial charge in [0.2, 0.25) is 0 Å². The number of hydrogen-bond acceptors (Lipinski definition) is 8. The maximum atomic E-state index is 13.1. The highest BCUT2D eigenvalue weighted by Gasteiger charge is 2.46. The smallest absolute Gasteiger partial charge is 0.296 e. The molecule has 1 N–H and O–H groups in total. The summed E-state index contributed by atoms with van der Waals surface area (Å²) < 4.78 is 15.8. The summed E-state index contributed by atoms with van der Waals surface area (Å²) in [7, 11) is 2.88. The van der Waals surface area contributed by atoms with Crippen molar-refractivity contribution in [3.05, 3.63) is 93.4 Å². The van der Waals surface area contributed by atoms with Gasteiger partial charge < -0.3 is 23.9 Å². The molecular weight excluding hydrogens is 444 g/mol. The maximum absolute atomic E-state index is 13.1. The number of amides is 1. The lowest BCUT2D eigenvalue weighted by Crippen LogP contribution is -2.29. The minimum Gasteiger partial charge on any atom is -0.507 e. The summed E-state index contributed by atoms with van der Waals surface area (Å²) in [6.07, 6.45) is 1.43. The molecule has 0 aliphatic carbocycles. The molecule has 1 aliphatic heterocycles. The summed E-state index contributed by atoms with van der Waals surface area (Å²) in [5.74, 6) is -1.11. The summed E-state index contributed by atoms with van der Waals surface area (Å²) >= 11 is 0. The lowest BCUT2D eigenvalue weighted by molar-refractivity contribution is -0.384. The van der Waals surface area contributed by atoms with Gasteiger partial charge in [-0.3, -0.25) is 19.7 Å². The molecule has 3 aromatic rings. The number of aliphatic hydroxyl groups is 1. The van der Waals surface area contributed by atoms with Gasteiger partial charge >= 0.3 is 0 Å². The molecule has 0 radical (unpaired) electrons. The Bertz CT molecular complexity index is 1300. The molecule has 1 aliphatic rings. The van der Waals surface area contributed by atoms with E-state index in [1.807, 2.05) is 0 Å². The van der Waals surface area contributed by atoms with Crippen LogP contribution in [0.2, 0.25) is 0 Å². The SMILES string of the molecule is COc1ccc(C(O)=C2C(=O)C(=O)N(Cc3ccco3)[C@@H]2c2cccc([N+](=O)[O-])c2)cc1OC. The number of nitrogens with zero attached hydrogens (tertiary/aromatic N) is 2. The number of ether oxygens (including phenoxy) is 2. The number of benzene rings is 2. The molecule has 0 unspecified atom stereocenters. The maximum Gasteiger partial charge on any atom is 0.296 e. The first-order chi connectivity index (χ1) is 16.3. The molecule has 0 spiro atoms. The summed E-state index contributed by atoms with van der Waals surface area (Å²) in [4.78, 5) is 38.1. The predicted molar refractivity (Wildman–Crippen MR) is 119 cm³/mol. The summed E-state index contributed by atoms with van der Waals surface area (Å²) in [6, 6.07) is 12.3. The number of likely N-dealkylation sites (tertiary alicyclic amines) is 1. The van der Waals surface area contributed by atoms with E-state index >= 15 is 0 Å². The highest BCUT2D eigenvalue weighted by Crippen LogP contribution is 2.42. The number of Topliss-reactive ketones (excluding diaryl/α,β-unsaturated/α-hetero) is 1. The number of ketones is 1. The first-order valence-corrected chi connectivity index (χ1v) is 10.1. The number of furan rings is 1. The molecule has 2 aromatic carbocycles. The molecule has 1 aromatic heterocycles. The van der Waals surface area contributed by atoms with E-state index in [4.69, 9.17) is 13.9 Å². The van der Waals surface area contributed by atoms with Crippen LogP contribution in [0.3, 0.4) is 0 Å². The van der Waals surface area contributed by atoms with Crippen molar-refractivity contribution in [2.75, 3.05) is 14.2 Å². The normalized spacial score (nSPS) is 17.1. The van der Waals surface area contributed by atoms with Crippen molar-refractivity contribution in [3.8, 4) is 11.5 Å². The zero-order chi connectivity index (χ0) is 24.4. The lowest BCUT2D eigenvalue weighted by Gasteiger charge is -2.24. The van der Waals surface area contributed by atoms with Crippen molar-refractivity contribution in [3.63, 3.8) is 0 Å². The van der Waals surface area contributed by atoms with E-state index in [2.05, 4.69) is 0 Å². The van der Waals surface area contributed by atoms with E-state index in [-0.39, 0.29) is 23.4 Å². The molecule has 2 heterocycles. The van der Waals surface area contributed by atoms with Gasteiger partial charge in [0, 0.05) is 17.7 Å². The minimum atomic E-state index is -1.09. The highest BCUT2D eigenvalue weighted by molar-refractivity contribution is 6.46. The van der Waals surface area contributed by atoms with E-state index in [0.717, 1.165) is 0 Å². The van der Waals surface area contributed by atoms with Crippen molar-refractivity contribution in [1.29, 1.82) is 0 Å². The Morgan fingerprint density at radius 1 is 1.09 bits per heavy atom. The first-order valence-electron chi connectivity index (χ1n) is 10.1. The van der Waals surface area contributed by atoms with Gasteiger partial charge in [-0.2, -0.15) is 0 Å². The number of aliphatic hydroxyl groups excluding tert-OH is 1. The quantitative estimate of drug-likeness (QED) is 0.183. The van der Waals surface area contributed by atoms with Crippen LogP contribution in [0.5, 0.6) is 11.5 Å². The largest absolute Gasteiger partial charge is 0.507 e. The van der Waals surface area contributed by atoms with Crippen molar-refractivity contribution >= 4 is 23.1 Å². The fraction of sp³-hybridized carbons (Fsp3) is 0.167. The molecule has 1 saturated heterocycles. The predicted octanol–water partition coefficient (Wildman–Crippen LogP) is 3.83. The van der Waals surface area contributed by atoms with Crippen LogP contribution >= 0.6 is 0 Å². The third-order valence-electron chi connectivity index (χ3n) is 5.50. The van der Waals surface area contributed by atoms with E-state index in [1.165, 1.54) is 55.7 Å². The lowest BCUT2D eigenvalue weighted by atomic mass is 9.95. The van der Waals surface area contributed by atoms with Crippen molar-refractivity contribution in [2.24, 2.45) is 0 Å². The van der Waals surface area contributed by atoms with Crippen LogP contribution < -0.4 is 9.47 Å². The number of nitro benzene ring substituents is 1. The van der Waals surface area contributed by atoms with Crippen LogP contribution in [-0.2, 0) is 16.1 Å². The summed E-state index contributed by atoms with van der Waals surface area (Å²) in [5, 5.41) is 22.5. The zero-order valence-electron chi connectivity index (χ0n) is 18.3. The van der Waals surface area contributed by atoms with Gasteiger partial charge in [0.1, 0.15) is 11.5 Å². The Morgan fingerprint density at radius 2 is 1.85 bits per heavy atom. The molecule has 1 amide bonds. The molecule has 10 nitrogen and oxygen atoms in total. The Kier molecular flexibility index (Phi) is 6.05. The van der Waals surface area contributed by atoms with Crippen LogP contribution in [0, 0.1) is 10.1 Å². The fourth-order valence-corrected chi connectivity index (χ4v) is 3.91. The monoisotopic (exact) mass is 464 g/mol. The Morgan fingerprint density at radius 3 is 2.50 bits per heavy atom. The average molecular weight is 464 g/mol. The van der Waals surface area contributed by atoms with Gasteiger partial charge in [0.05, 0.1) is 43.6 Å². The van der Waals surface area contributed by atoms with Crippen LogP contribution in [0.15, 0.2) is 70.9 Å². The minimum absolute atomic E-state index is 0.0757. The molecule has 4 rings (SSSR count). The number of non-ortho nitro benzene ring substituents is 1. The van der Waals surface area contributed by atoms with Gasteiger partial charge in [-0.1, -0.05) is 12.1 Å². The third kappa shape index (κ3) is 3.96. The van der Waals surface area contributed by atoms with Crippen LogP contribution in [0.25, 0.3) is 5.76 Å².